The van der Waals surface area contributed by atoms with Crippen LogP contribution in [0.1, 0.15) is 31.7 Å². The number of hydrogen-bond donors (Lipinski definition) is 1. The van der Waals surface area contributed by atoms with Crippen LogP contribution in [0.2, 0.25) is 0 Å². The van der Waals surface area contributed by atoms with E-state index in [-0.39, 0.29) is 0 Å². The monoisotopic (exact) mass is 248 g/mol. The number of aromatic nitrogens is 2. The summed E-state index contributed by atoms with van der Waals surface area (Å²) in [4.78, 5) is 2.59. The second kappa shape index (κ2) is 6.71. The summed E-state index contributed by atoms with van der Waals surface area (Å²) >= 11 is 0. The fourth-order valence-electron chi connectivity index (χ4n) is 2.48. The van der Waals surface area contributed by atoms with Gasteiger partial charge in [0, 0.05) is 37.1 Å². The van der Waals surface area contributed by atoms with Crippen molar-refractivity contribution in [2.45, 2.75) is 38.8 Å². The highest BCUT2D eigenvalue weighted by Gasteiger charge is 2.15. The van der Waals surface area contributed by atoms with Gasteiger partial charge in [-0.25, -0.2) is 4.68 Å². The van der Waals surface area contributed by atoms with Crippen molar-refractivity contribution >= 4 is 6.20 Å². The molecule has 2 heterocycles. The molecule has 18 heavy (non-hydrogen) atoms. The average Bonchev–Trinajstić information content (AvgIpc) is 2.87. The Hall–Kier alpha value is -1.13. The molecule has 1 aromatic heterocycles. The third-order valence-corrected chi connectivity index (χ3v) is 3.62. The van der Waals surface area contributed by atoms with Crippen molar-refractivity contribution in [3.05, 3.63) is 24.5 Å². The number of nitrogens with zero attached hydrogens (tertiary/aromatic N) is 3. The van der Waals surface area contributed by atoms with Gasteiger partial charge in [-0.15, -0.1) is 0 Å². The van der Waals surface area contributed by atoms with Crippen molar-refractivity contribution in [3.8, 4) is 0 Å². The molecule has 0 aromatic carbocycles. The van der Waals surface area contributed by atoms with Gasteiger partial charge < -0.3 is 5.32 Å². The maximum Gasteiger partial charge on any atom is 0.0538 e. The minimum atomic E-state index is 0.625. The first-order valence-corrected chi connectivity index (χ1v) is 6.90. The third-order valence-electron chi connectivity index (χ3n) is 3.62. The minimum Gasteiger partial charge on any atom is -0.311 e. The van der Waals surface area contributed by atoms with Gasteiger partial charge in [0.25, 0.3) is 0 Å². The maximum atomic E-state index is 4.17. The molecule has 1 N–H and O–H groups in total. The molecule has 1 fully saturated rings. The molecule has 0 bridgehead atoms. The molecular formula is C14H24N4. The third kappa shape index (κ3) is 3.68. The van der Waals surface area contributed by atoms with E-state index in [0.29, 0.717) is 6.04 Å². The van der Waals surface area contributed by atoms with E-state index in [2.05, 4.69) is 28.8 Å². The summed E-state index contributed by atoms with van der Waals surface area (Å²) in [6, 6.07) is 0.625. The normalized spacial score (nSPS) is 18.7. The van der Waals surface area contributed by atoms with E-state index in [9.17, 15) is 0 Å². The smallest absolute Gasteiger partial charge is 0.0538 e. The van der Waals surface area contributed by atoms with Crippen molar-refractivity contribution in [1.82, 2.24) is 20.0 Å². The van der Waals surface area contributed by atoms with E-state index in [1.165, 1.54) is 37.9 Å². The molecule has 1 unspecified atom stereocenters. The zero-order valence-electron chi connectivity index (χ0n) is 11.3. The molecular weight excluding hydrogens is 224 g/mol. The number of hydrogen-bond acceptors (Lipinski definition) is 3. The summed E-state index contributed by atoms with van der Waals surface area (Å²) in [5.74, 6) is 0. The van der Waals surface area contributed by atoms with Crippen molar-refractivity contribution in [1.29, 1.82) is 0 Å². The van der Waals surface area contributed by atoms with Gasteiger partial charge in [0.15, 0.2) is 0 Å². The molecule has 0 saturated carbocycles. The summed E-state index contributed by atoms with van der Waals surface area (Å²) in [6.45, 7) is 10.4. The first kappa shape index (κ1) is 13.3. The molecule has 1 atom stereocenters. The van der Waals surface area contributed by atoms with Crippen LogP contribution in [0.25, 0.3) is 6.20 Å². The van der Waals surface area contributed by atoms with Gasteiger partial charge in [-0.1, -0.05) is 13.0 Å². The number of rotatable bonds is 6. The molecule has 0 amide bonds. The Morgan fingerprint density at radius 1 is 1.44 bits per heavy atom. The SMILES string of the molecule is C=Cn1cc(CNCC(C)N2CCCCC2)cn1. The van der Waals surface area contributed by atoms with Gasteiger partial charge >= 0.3 is 0 Å². The Labute approximate surface area is 110 Å². The van der Waals surface area contributed by atoms with Gasteiger partial charge in [-0.05, 0) is 32.9 Å². The standard InChI is InChI=1S/C14H24N4/c1-3-18-12-14(11-16-18)10-15-9-13(2)17-7-5-4-6-8-17/h3,11-13,15H,1,4-10H2,2H3. The van der Waals surface area contributed by atoms with Crippen LogP contribution in [0.4, 0.5) is 0 Å². The second-order valence-corrected chi connectivity index (χ2v) is 5.09. The van der Waals surface area contributed by atoms with E-state index in [4.69, 9.17) is 0 Å². The summed E-state index contributed by atoms with van der Waals surface area (Å²) in [5, 5.41) is 7.68. The van der Waals surface area contributed by atoms with Crippen LogP contribution in [0, 0.1) is 0 Å². The Kier molecular flexibility index (Phi) is 4.96. The fourth-order valence-corrected chi connectivity index (χ4v) is 2.48. The Morgan fingerprint density at radius 3 is 2.89 bits per heavy atom. The van der Waals surface area contributed by atoms with Crippen LogP contribution >= 0.6 is 0 Å². The zero-order valence-corrected chi connectivity index (χ0v) is 11.3. The van der Waals surface area contributed by atoms with E-state index in [1.807, 2.05) is 12.4 Å². The van der Waals surface area contributed by atoms with E-state index in [1.54, 1.807) is 10.9 Å². The first-order valence-electron chi connectivity index (χ1n) is 6.90. The number of likely N-dealkylation sites (tertiary alicyclic amines) is 1. The number of nitrogens with one attached hydrogen (secondary N) is 1. The molecule has 0 aliphatic carbocycles. The van der Waals surface area contributed by atoms with E-state index >= 15 is 0 Å². The van der Waals surface area contributed by atoms with Crippen LogP contribution in [-0.2, 0) is 6.54 Å². The fraction of sp³-hybridized carbons (Fsp3) is 0.643. The Morgan fingerprint density at radius 2 is 2.22 bits per heavy atom. The van der Waals surface area contributed by atoms with Crippen molar-refractivity contribution < 1.29 is 0 Å². The minimum absolute atomic E-state index is 0.625. The molecule has 1 aliphatic rings. The summed E-state index contributed by atoms with van der Waals surface area (Å²) in [5.41, 5.74) is 1.21. The molecule has 4 heteroatoms. The van der Waals surface area contributed by atoms with Crippen molar-refractivity contribution in [2.75, 3.05) is 19.6 Å². The zero-order chi connectivity index (χ0) is 12.8. The van der Waals surface area contributed by atoms with E-state index < -0.39 is 0 Å². The van der Waals surface area contributed by atoms with Gasteiger partial charge in [0.05, 0.1) is 6.20 Å². The van der Waals surface area contributed by atoms with Gasteiger partial charge in [0.1, 0.15) is 0 Å². The Balaban J connectivity index is 1.69. The molecule has 1 aromatic rings. The first-order chi connectivity index (χ1) is 8.79. The topological polar surface area (TPSA) is 33.1 Å². The van der Waals surface area contributed by atoms with Crippen LogP contribution in [0.3, 0.4) is 0 Å². The molecule has 2 rings (SSSR count). The van der Waals surface area contributed by atoms with Crippen LogP contribution in [0.5, 0.6) is 0 Å². The second-order valence-electron chi connectivity index (χ2n) is 5.09. The summed E-state index contributed by atoms with van der Waals surface area (Å²) in [6.07, 6.45) is 9.72. The summed E-state index contributed by atoms with van der Waals surface area (Å²) in [7, 11) is 0. The molecule has 100 valence electrons. The predicted molar refractivity (Wildman–Crippen MR) is 75.2 cm³/mol. The Bertz CT molecular complexity index is 366. The lowest BCUT2D eigenvalue weighted by atomic mass is 10.1. The lowest BCUT2D eigenvalue weighted by Crippen LogP contribution is -2.42. The highest BCUT2D eigenvalue weighted by molar-refractivity contribution is 5.17. The lowest BCUT2D eigenvalue weighted by molar-refractivity contribution is 0.170. The van der Waals surface area contributed by atoms with Crippen LogP contribution in [-0.4, -0.2) is 40.4 Å². The highest BCUT2D eigenvalue weighted by atomic mass is 15.2. The average molecular weight is 248 g/mol. The van der Waals surface area contributed by atoms with Crippen LogP contribution in [0.15, 0.2) is 19.0 Å². The van der Waals surface area contributed by atoms with Crippen molar-refractivity contribution in [3.63, 3.8) is 0 Å². The summed E-state index contributed by atoms with van der Waals surface area (Å²) < 4.78 is 1.74. The van der Waals surface area contributed by atoms with Gasteiger partial charge in [0.2, 0.25) is 0 Å². The highest BCUT2D eigenvalue weighted by Crippen LogP contribution is 2.11. The predicted octanol–water partition coefficient (Wildman–Crippen LogP) is 1.95. The molecule has 1 saturated heterocycles. The molecule has 0 spiro atoms. The van der Waals surface area contributed by atoms with Crippen LogP contribution < -0.4 is 5.32 Å². The maximum absolute atomic E-state index is 4.17. The molecule has 4 nitrogen and oxygen atoms in total. The largest absolute Gasteiger partial charge is 0.311 e. The quantitative estimate of drug-likeness (QED) is 0.835. The lowest BCUT2D eigenvalue weighted by Gasteiger charge is -2.32. The van der Waals surface area contributed by atoms with Gasteiger partial charge in [-0.2, -0.15) is 5.10 Å². The van der Waals surface area contributed by atoms with E-state index in [0.717, 1.165) is 13.1 Å². The number of piperidine rings is 1. The van der Waals surface area contributed by atoms with Gasteiger partial charge in [-0.3, -0.25) is 4.90 Å². The van der Waals surface area contributed by atoms with Crippen molar-refractivity contribution in [2.24, 2.45) is 0 Å². The molecule has 0 radical (unpaired) electrons. The molecule has 1 aliphatic heterocycles.